The van der Waals surface area contributed by atoms with E-state index in [2.05, 4.69) is 27.1 Å². The molecule has 0 aliphatic carbocycles. The Morgan fingerprint density at radius 1 is 1.16 bits per heavy atom. The number of alkyl halides is 3. The van der Waals surface area contributed by atoms with Gasteiger partial charge in [-0.15, -0.1) is 0 Å². The van der Waals surface area contributed by atoms with Gasteiger partial charge in [0.15, 0.2) is 0 Å². The molecule has 1 aromatic heterocycles. The summed E-state index contributed by atoms with van der Waals surface area (Å²) in [5.41, 5.74) is 0.710. The Kier molecular flexibility index (Phi) is 4.83. The minimum Gasteiger partial charge on any atom is -0.340 e. The summed E-state index contributed by atoms with van der Waals surface area (Å²) in [6.45, 7) is 5.94. The van der Waals surface area contributed by atoms with Gasteiger partial charge in [-0.1, -0.05) is 6.92 Å². The summed E-state index contributed by atoms with van der Waals surface area (Å²) in [6.07, 6.45) is -2.01. The van der Waals surface area contributed by atoms with E-state index in [1.807, 2.05) is 6.92 Å². The summed E-state index contributed by atoms with van der Waals surface area (Å²) in [7, 11) is 0. The third kappa shape index (κ3) is 4.41. The molecule has 1 N–H and O–H groups in total. The molecule has 134 valence electrons. The maximum atomic E-state index is 12.6. The van der Waals surface area contributed by atoms with Gasteiger partial charge in [0.1, 0.15) is 5.82 Å². The number of rotatable bonds is 3. The van der Waals surface area contributed by atoms with E-state index < -0.39 is 11.7 Å². The fourth-order valence-corrected chi connectivity index (χ4v) is 3.02. The van der Waals surface area contributed by atoms with Gasteiger partial charge in [-0.2, -0.15) is 18.2 Å². The molecule has 0 bridgehead atoms. The van der Waals surface area contributed by atoms with Crippen LogP contribution in [0, 0.1) is 12.8 Å². The zero-order valence-corrected chi connectivity index (χ0v) is 14.3. The lowest BCUT2D eigenvalue weighted by molar-refractivity contribution is -0.137. The standard InChI is InChI=1S/C18H21F3N4/c1-12-4-3-9-25(11-12)17-22-13(2)10-16(24-17)23-15-7-5-14(6-8-15)18(19,20)21/h5-8,10,12H,3-4,9,11H2,1-2H3,(H,22,23,24). The van der Waals surface area contributed by atoms with Gasteiger partial charge >= 0.3 is 6.18 Å². The van der Waals surface area contributed by atoms with Crippen molar-refractivity contribution in [3.63, 3.8) is 0 Å². The second kappa shape index (κ2) is 6.90. The van der Waals surface area contributed by atoms with Crippen molar-refractivity contribution >= 4 is 17.5 Å². The Hall–Kier alpha value is -2.31. The number of nitrogens with one attached hydrogen (secondary N) is 1. The third-order valence-corrected chi connectivity index (χ3v) is 4.27. The van der Waals surface area contributed by atoms with Gasteiger partial charge in [0.05, 0.1) is 5.56 Å². The van der Waals surface area contributed by atoms with Gasteiger partial charge in [0.25, 0.3) is 0 Å². The number of aryl methyl sites for hydroxylation is 1. The summed E-state index contributed by atoms with van der Waals surface area (Å²) in [4.78, 5) is 11.2. The molecule has 7 heteroatoms. The second-order valence-electron chi connectivity index (χ2n) is 6.59. The van der Waals surface area contributed by atoms with Gasteiger partial charge in [-0.05, 0) is 49.9 Å². The lowest BCUT2D eigenvalue weighted by atomic mass is 10.0. The Bertz CT molecular complexity index is 728. The molecular weight excluding hydrogens is 329 g/mol. The van der Waals surface area contributed by atoms with Crippen LogP contribution in [0.5, 0.6) is 0 Å². The van der Waals surface area contributed by atoms with Crippen LogP contribution in [0.25, 0.3) is 0 Å². The van der Waals surface area contributed by atoms with Crippen LogP contribution in [0.15, 0.2) is 30.3 Å². The molecule has 1 aliphatic heterocycles. The lowest BCUT2D eigenvalue weighted by Gasteiger charge is -2.31. The molecule has 0 spiro atoms. The highest BCUT2D eigenvalue weighted by molar-refractivity contribution is 5.58. The molecule has 1 fully saturated rings. The number of piperidine rings is 1. The molecular formula is C18H21F3N4. The van der Waals surface area contributed by atoms with Crippen LogP contribution in [0.4, 0.5) is 30.6 Å². The van der Waals surface area contributed by atoms with Crippen molar-refractivity contribution in [1.29, 1.82) is 0 Å². The Morgan fingerprint density at radius 2 is 1.88 bits per heavy atom. The SMILES string of the molecule is Cc1cc(Nc2ccc(C(F)(F)F)cc2)nc(N2CCCC(C)C2)n1. The number of aromatic nitrogens is 2. The highest BCUT2D eigenvalue weighted by Gasteiger charge is 2.30. The molecule has 0 saturated carbocycles. The lowest BCUT2D eigenvalue weighted by Crippen LogP contribution is -2.35. The van der Waals surface area contributed by atoms with Crippen LogP contribution < -0.4 is 10.2 Å². The quantitative estimate of drug-likeness (QED) is 0.865. The van der Waals surface area contributed by atoms with Crippen molar-refractivity contribution < 1.29 is 13.2 Å². The normalized spacial score (nSPS) is 18.3. The van der Waals surface area contributed by atoms with Crippen molar-refractivity contribution in [1.82, 2.24) is 9.97 Å². The van der Waals surface area contributed by atoms with Gasteiger partial charge in [0, 0.05) is 30.5 Å². The minimum absolute atomic E-state index is 0.559. The van der Waals surface area contributed by atoms with Crippen molar-refractivity contribution in [2.45, 2.75) is 32.9 Å². The first kappa shape index (κ1) is 17.5. The molecule has 0 amide bonds. The summed E-state index contributed by atoms with van der Waals surface area (Å²) in [5, 5.41) is 3.07. The van der Waals surface area contributed by atoms with Crippen molar-refractivity contribution in [3.05, 3.63) is 41.6 Å². The van der Waals surface area contributed by atoms with Crippen LogP contribution in [0.1, 0.15) is 31.0 Å². The predicted octanol–water partition coefficient (Wildman–Crippen LogP) is 4.78. The number of anilines is 3. The maximum absolute atomic E-state index is 12.6. The molecule has 1 aromatic carbocycles. The summed E-state index contributed by atoms with van der Waals surface area (Å²) in [5.74, 6) is 1.85. The van der Waals surface area contributed by atoms with Crippen molar-refractivity contribution in [2.24, 2.45) is 5.92 Å². The van der Waals surface area contributed by atoms with Crippen LogP contribution in [0.2, 0.25) is 0 Å². The van der Waals surface area contributed by atoms with Gasteiger partial charge in [0.2, 0.25) is 5.95 Å². The highest BCUT2D eigenvalue weighted by Crippen LogP contribution is 2.30. The largest absolute Gasteiger partial charge is 0.416 e. The molecule has 0 radical (unpaired) electrons. The van der Waals surface area contributed by atoms with Gasteiger partial charge in [-0.25, -0.2) is 4.98 Å². The van der Waals surface area contributed by atoms with Crippen LogP contribution in [0.3, 0.4) is 0 Å². The number of nitrogens with zero attached hydrogens (tertiary/aromatic N) is 3. The minimum atomic E-state index is -4.33. The molecule has 1 unspecified atom stereocenters. The fraction of sp³-hybridized carbons (Fsp3) is 0.444. The van der Waals surface area contributed by atoms with Crippen molar-refractivity contribution in [2.75, 3.05) is 23.3 Å². The summed E-state index contributed by atoms with van der Waals surface area (Å²) < 4.78 is 37.9. The smallest absolute Gasteiger partial charge is 0.340 e. The van der Waals surface area contributed by atoms with E-state index in [4.69, 9.17) is 0 Å². The van der Waals surface area contributed by atoms with E-state index in [9.17, 15) is 13.2 Å². The molecule has 4 nitrogen and oxygen atoms in total. The first-order valence-corrected chi connectivity index (χ1v) is 8.36. The van der Waals surface area contributed by atoms with Crippen LogP contribution in [-0.2, 0) is 6.18 Å². The average Bonchev–Trinajstić information content (AvgIpc) is 2.54. The van der Waals surface area contributed by atoms with E-state index in [1.165, 1.54) is 18.6 Å². The summed E-state index contributed by atoms with van der Waals surface area (Å²) >= 11 is 0. The molecule has 2 aromatic rings. The van der Waals surface area contributed by atoms with E-state index in [0.717, 1.165) is 37.3 Å². The zero-order chi connectivity index (χ0) is 18.0. The first-order chi connectivity index (χ1) is 11.8. The van der Waals surface area contributed by atoms with Gasteiger partial charge < -0.3 is 10.2 Å². The average molecular weight is 350 g/mol. The topological polar surface area (TPSA) is 41.1 Å². The first-order valence-electron chi connectivity index (χ1n) is 8.36. The highest BCUT2D eigenvalue weighted by atomic mass is 19.4. The van der Waals surface area contributed by atoms with E-state index in [0.29, 0.717) is 23.4 Å². The zero-order valence-electron chi connectivity index (χ0n) is 14.3. The van der Waals surface area contributed by atoms with Gasteiger partial charge in [-0.3, -0.25) is 0 Å². The number of hydrogen-bond acceptors (Lipinski definition) is 4. The van der Waals surface area contributed by atoms with Crippen molar-refractivity contribution in [3.8, 4) is 0 Å². The molecule has 2 heterocycles. The number of hydrogen-bond donors (Lipinski definition) is 1. The molecule has 1 atom stereocenters. The maximum Gasteiger partial charge on any atom is 0.416 e. The summed E-state index contributed by atoms with van der Waals surface area (Å²) in [6, 6.07) is 6.72. The second-order valence-corrected chi connectivity index (χ2v) is 6.59. The molecule has 3 rings (SSSR count). The Balaban J connectivity index is 1.78. The van der Waals surface area contributed by atoms with E-state index in [1.54, 1.807) is 6.07 Å². The molecule has 1 saturated heterocycles. The Morgan fingerprint density at radius 3 is 2.52 bits per heavy atom. The monoisotopic (exact) mass is 350 g/mol. The van der Waals surface area contributed by atoms with E-state index in [-0.39, 0.29) is 0 Å². The third-order valence-electron chi connectivity index (χ3n) is 4.27. The van der Waals surface area contributed by atoms with Crippen LogP contribution in [-0.4, -0.2) is 23.1 Å². The molecule has 25 heavy (non-hydrogen) atoms. The number of halogens is 3. The van der Waals surface area contributed by atoms with Crippen LogP contribution >= 0.6 is 0 Å². The number of benzene rings is 1. The van der Waals surface area contributed by atoms with E-state index >= 15 is 0 Å². The predicted molar refractivity (Wildman–Crippen MR) is 92.1 cm³/mol. The Labute approximate surface area is 145 Å². The molecule has 1 aliphatic rings. The fourth-order valence-electron chi connectivity index (χ4n) is 3.02.